The zero-order valence-electron chi connectivity index (χ0n) is 18.4. The number of hydrogen-bond donors (Lipinski definition) is 1. The van der Waals surface area contributed by atoms with Gasteiger partial charge < -0.3 is 9.84 Å². The molecule has 0 aliphatic rings. The molecule has 0 fully saturated rings. The van der Waals surface area contributed by atoms with Crippen molar-refractivity contribution in [2.45, 2.75) is 4.90 Å². The van der Waals surface area contributed by atoms with Crippen LogP contribution in [0, 0.1) is 5.82 Å². The summed E-state index contributed by atoms with van der Waals surface area (Å²) in [6, 6.07) is 32.5. The largest absolute Gasteiger partial charge is 0.482 e. The van der Waals surface area contributed by atoms with Gasteiger partial charge in [0.25, 0.3) is 0 Å². The molecule has 4 rings (SSSR count). The van der Waals surface area contributed by atoms with Crippen molar-refractivity contribution < 1.29 is 19.0 Å². The van der Waals surface area contributed by atoms with E-state index in [0.29, 0.717) is 11.5 Å². The second kappa shape index (κ2) is 11.3. The summed E-state index contributed by atoms with van der Waals surface area (Å²) in [4.78, 5) is 11.7. The van der Waals surface area contributed by atoms with E-state index in [-0.39, 0.29) is 12.4 Å². The lowest BCUT2D eigenvalue weighted by atomic mass is 9.95. The van der Waals surface area contributed by atoms with Crippen molar-refractivity contribution >= 4 is 23.3 Å². The molecule has 0 saturated carbocycles. The number of aliphatic carboxylic acids is 1. The lowest BCUT2D eigenvalue weighted by Crippen LogP contribution is -2.09. The maximum atomic E-state index is 13.5. The number of carbonyl (C=O) groups is 1. The molecule has 0 heterocycles. The van der Waals surface area contributed by atoms with Crippen LogP contribution in [0.4, 0.5) is 4.39 Å². The number of thioether (sulfide) groups is 1. The van der Waals surface area contributed by atoms with E-state index >= 15 is 0 Å². The SMILES string of the molecule is O=C(O)COc1ccc(SCC=C(c2ccc(F)cc2)c2ccc(-c3ccccc3)cc2)cc1. The quantitative estimate of drug-likeness (QED) is 0.263. The molecule has 0 spiro atoms. The van der Waals surface area contributed by atoms with E-state index in [9.17, 15) is 9.18 Å². The predicted octanol–water partition coefficient (Wildman–Crippen LogP) is 7.18. The third-order valence-electron chi connectivity index (χ3n) is 5.18. The Morgan fingerprint density at radius 2 is 1.38 bits per heavy atom. The van der Waals surface area contributed by atoms with Crippen LogP contribution in [0.1, 0.15) is 11.1 Å². The Hall–Kier alpha value is -3.83. The average Bonchev–Trinajstić information content (AvgIpc) is 2.87. The van der Waals surface area contributed by atoms with Crippen molar-refractivity contribution in [1.29, 1.82) is 0 Å². The van der Waals surface area contributed by atoms with Crippen LogP contribution in [-0.4, -0.2) is 23.4 Å². The van der Waals surface area contributed by atoms with Crippen LogP contribution >= 0.6 is 11.8 Å². The molecule has 3 nitrogen and oxygen atoms in total. The summed E-state index contributed by atoms with van der Waals surface area (Å²) in [5.41, 5.74) is 5.35. The normalized spacial score (nSPS) is 11.3. The first-order valence-corrected chi connectivity index (χ1v) is 11.8. The lowest BCUT2D eigenvalue weighted by molar-refractivity contribution is -0.139. The summed E-state index contributed by atoms with van der Waals surface area (Å²) in [6.45, 7) is -0.362. The topological polar surface area (TPSA) is 46.5 Å². The molecular formula is C29H23FO3S. The number of rotatable bonds is 9. The highest BCUT2D eigenvalue weighted by Crippen LogP contribution is 2.29. The minimum atomic E-state index is -1.01. The lowest BCUT2D eigenvalue weighted by Gasteiger charge is -2.11. The molecule has 34 heavy (non-hydrogen) atoms. The summed E-state index contributed by atoms with van der Waals surface area (Å²) < 4.78 is 18.7. The molecule has 0 aliphatic carbocycles. The van der Waals surface area contributed by atoms with E-state index in [4.69, 9.17) is 9.84 Å². The van der Waals surface area contributed by atoms with Gasteiger partial charge >= 0.3 is 5.97 Å². The van der Waals surface area contributed by atoms with Gasteiger partial charge in [-0.3, -0.25) is 0 Å². The number of hydrogen-bond acceptors (Lipinski definition) is 3. The van der Waals surface area contributed by atoms with Crippen LogP contribution in [0.5, 0.6) is 5.75 Å². The average molecular weight is 471 g/mol. The van der Waals surface area contributed by atoms with Gasteiger partial charge in [-0.1, -0.05) is 72.8 Å². The predicted molar refractivity (Wildman–Crippen MR) is 136 cm³/mol. The number of ether oxygens (including phenoxy) is 1. The highest BCUT2D eigenvalue weighted by atomic mass is 32.2. The third kappa shape index (κ3) is 6.36. The maximum absolute atomic E-state index is 13.5. The van der Waals surface area contributed by atoms with E-state index in [1.54, 1.807) is 36.0 Å². The summed E-state index contributed by atoms with van der Waals surface area (Å²) in [6.07, 6.45) is 2.14. The first-order valence-electron chi connectivity index (χ1n) is 10.8. The van der Waals surface area contributed by atoms with Crippen molar-refractivity contribution in [1.82, 2.24) is 0 Å². The van der Waals surface area contributed by atoms with E-state index < -0.39 is 5.97 Å². The fourth-order valence-corrected chi connectivity index (χ4v) is 4.27. The van der Waals surface area contributed by atoms with Gasteiger partial charge in [0, 0.05) is 10.6 Å². The highest BCUT2D eigenvalue weighted by Gasteiger charge is 2.07. The number of carboxylic acids is 1. The standard InChI is InChI=1S/C29H23FO3S/c30-25-12-10-24(11-13-25)28(23-8-6-22(7-9-23)21-4-2-1-3-5-21)18-19-34-27-16-14-26(15-17-27)33-20-29(31)32/h1-18H,19-20H2,(H,31,32). The van der Waals surface area contributed by atoms with Crippen LogP contribution in [0.25, 0.3) is 16.7 Å². The molecular weight excluding hydrogens is 447 g/mol. The molecule has 0 saturated heterocycles. The number of benzene rings is 4. The van der Waals surface area contributed by atoms with Crippen LogP contribution in [-0.2, 0) is 4.79 Å². The molecule has 0 bridgehead atoms. The highest BCUT2D eigenvalue weighted by molar-refractivity contribution is 7.99. The summed E-state index contributed by atoms with van der Waals surface area (Å²) >= 11 is 1.65. The minimum Gasteiger partial charge on any atom is -0.482 e. The Morgan fingerprint density at radius 3 is 2.00 bits per heavy atom. The second-order valence-electron chi connectivity index (χ2n) is 7.53. The van der Waals surface area contributed by atoms with Gasteiger partial charge in [0.1, 0.15) is 11.6 Å². The fraction of sp³-hybridized carbons (Fsp3) is 0.0690. The van der Waals surface area contributed by atoms with Crippen molar-refractivity contribution in [2.75, 3.05) is 12.4 Å². The van der Waals surface area contributed by atoms with Gasteiger partial charge in [0.05, 0.1) is 0 Å². The monoisotopic (exact) mass is 470 g/mol. The smallest absolute Gasteiger partial charge is 0.341 e. The number of halogens is 1. The summed E-state index contributed by atoms with van der Waals surface area (Å²) in [5.74, 6) is -0.0359. The van der Waals surface area contributed by atoms with E-state index in [0.717, 1.165) is 32.7 Å². The van der Waals surface area contributed by atoms with Gasteiger partial charge in [-0.25, -0.2) is 9.18 Å². The Labute approximate surface area is 202 Å². The first kappa shape index (κ1) is 23.3. The summed E-state index contributed by atoms with van der Waals surface area (Å²) in [7, 11) is 0. The molecule has 170 valence electrons. The van der Waals surface area contributed by atoms with Crippen molar-refractivity contribution in [3.05, 3.63) is 126 Å². The minimum absolute atomic E-state index is 0.262. The maximum Gasteiger partial charge on any atom is 0.341 e. The summed E-state index contributed by atoms with van der Waals surface area (Å²) in [5, 5.41) is 8.72. The Morgan fingerprint density at radius 1 is 0.794 bits per heavy atom. The molecule has 5 heteroatoms. The van der Waals surface area contributed by atoms with Gasteiger partial charge in [0.2, 0.25) is 0 Å². The molecule has 0 atom stereocenters. The zero-order chi connectivity index (χ0) is 23.8. The Balaban J connectivity index is 1.52. The van der Waals surface area contributed by atoms with Crippen molar-refractivity contribution in [3.63, 3.8) is 0 Å². The Bertz CT molecular complexity index is 1250. The van der Waals surface area contributed by atoms with Gasteiger partial charge in [-0.15, -0.1) is 11.8 Å². The van der Waals surface area contributed by atoms with Crippen LogP contribution < -0.4 is 4.74 Å². The molecule has 0 aromatic heterocycles. The third-order valence-corrected chi connectivity index (χ3v) is 6.12. The first-order chi connectivity index (χ1) is 16.6. The molecule has 0 aliphatic heterocycles. The molecule has 0 unspecified atom stereocenters. The van der Waals surface area contributed by atoms with Gasteiger partial charge in [-0.05, 0) is 64.2 Å². The molecule has 1 N–H and O–H groups in total. The van der Waals surface area contributed by atoms with Crippen molar-refractivity contribution in [2.24, 2.45) is 0 Å². The van der Waals surface area contributed by atoms with E-state index in [2.05, 4.69) is 42.5 Å². The molecule has 0 amide bonds. The van der Waals surface area contributed by atoms with Crippen molar-refractivity contribution in [3.8, 4) is 16.9 Å². The molecule has 0 radical (unpaired) electrons. The van der Waals surface area contributed by atoms with E-state index in [1.165, 1.54) is 12.1 Å². The molecule has 4 aromatic carbocycles. The molecule has 4 aromatic rings. The van der Waals surface area contributed by atoms with Crippen LogP contribution in [0.15, 0.2) is 114 Å². The number of carboxylic acid groups (broad SMARTS) is 1. The van der Waals surface area contributed by atoms with Gasteiger partial charge in [0.15, 0.2) is 6.61 Å². The zero-order valence-corrected chi connectivity index (χ0v) is 19.2. The Kier molecular flexibility index (Phi) is 7.79. The fourth-order valence-electron chi connectivity index (χ4n) is 3.50. The van der Waals surface area contributed by atoms with Crippen LogP contribution in [0.3, 0.4) is 0 Å². The van der Waals surface area contributed by atoms with Gasteiger partial charge in [-0.2, -0.15) is 0 Å². The van der Waals surface area contributed by atoms with E-state index in [1.807, 2.05) is 30.3 Å². The van der Waals surface area contributed by atoms with Crippen LogP contribution in [0.2, 0.25) is 0 Å². The second-order valence-corrected chi connectivity index (χ2v) is 8.63.